The zero-order valence-electron chi connectivity index (χ0n) is 10.4. The van der Waals surface area contributed by atoms with Gasteiger partial charge < -0.3 is 23.5 Å². The summed E-state index contributed by atoms with van der Waals surface area (Å²) in [7, 11) is 2.96. The lowest BCUT2D eigenvalue weighted by Crippen LogP contribution is -2.00. The van der Waals surface area contributed by atoms with Crippen LogP contribution in [0.15, 0.2) is 15.0 Å². The Bertz CT molecular complexity index is 574. The highest BCUT2D eigenvalue weighted by Gasteiger charge is 2.22. The van der Waals surface area contributed by atoms with Gasteiger partial charge in [0.05, 0.1) is 6.61 Å². The molecule has 0 saturated carbocycles. The highest BCUT2D eigenvalue weighted by molar-refractivity contribution is 5.86. The van der Waals surface area contributed by atoms with Crippen LogP contribution in [0.3, 0.4) is 0 Å². The third-order valence-corrected chi connectivity index (χ3v) is 2.24. The predicted molar refractivity (Wildman–Crippen MR) is 60.4 cm³/mol. The lowest BCUT2D eigenvalue weighted by atomic mass is 10.3. The fourth-order valence-electron chi connectivity index (χ4n) is 1.49. The molecule has 8 nitrogen and oxygen atoms in total. The summed E-state index contributed by atoms with van der Waals surface area (Å²) in [5.74, 6) is -0.934. The summed E-state index contributed by atoms with van der Waals surface area (Å²) in [6, 6.07) is 1.57. The molecule has 0 atom stereocenters. The minimum atomic E-state index is -1.22. The third kappa shape index (κ3) is 2.80. The van der Waals surface area contributed by atoms with Gasteiger partial charge in [0.15, 0.2) is 11.5 Å². The quantitative estimate of drug-likeness (QED) is 0.835. The maximum absolute atomic E-state index is 11.0. The van der Waals surface area contributed by atoms with Crippen molar-refractivity contribution in [2.45, 2.75) is 13.2 Å². The van der Waals surface area contributed by atoms with Crippen LogP contribution < -0.4 is 0 Å². The predicted octanol–water partition coefficient (Wildman–Crippen LogP) is 1.32. The van der Waals surface area contributed by atoms with E-state index in [-0.39, 0.29) is 30.6 Å². The smallest absolute Gasteiger partial charge is 0.373 e. The molecular weight excluding hydrogens is 256 g/mol. The van der Waals surface area contributed by atoms with Crippen LogP contribution in [0.5, 0.6) is 0 Å². The number of oxazole rings is 1. The second-order valence-electron chi connectivity index (χ2n) is 3.64. The molecule has 0 fully saturated rings. The van der Waals surface area contributed by atoms with Crippen LogP contribution in [0.25, 0.3) is 11.6 Å². The average molecular weight is 268 g/mol. The van der Waals surface area contributed by atoms with Gasteiger partial charge in [-0.3, -0.25) is 0 Å². The molecule has 19 heavy (non-hydrogen) atoms. The van der Waals surface area contributed by atoms with Crippen molar-refractivity contribution in [1.29, 1.82) is 0 Å². The van der Waals surface area contributed by atoms with Gasteiger partial charge in [0.1, 0.15) is 12.3 Å². The summed E-state index contributed by atoms with van der Waals surface area (Å²) >= 11 is 0. The number of ether oxygens (including phenoxy) is 2. The first-order valence-electron chi connectivity index (χ1n) is 5.32. The number of carboxylic acids is 1. The van der Waals surface area contributed by atoms with Crippen LogP contribution in [0.2, 0.25) is 0 Å². The lowest BCUT2D eigenvalue weighted by Gasteiger charge is -1.92. The molecular formula is C11H12N2O6. The van der Waals surface area contributed by atoms with Gasteiger partial charge in [-0.15, -0.1) is 0 Å². The standard InChI is InChI=1S/C11H12N2O6/c1-16-4-6-3-7(13-19-6)10-12-8(5-17-2)9(18-10)11(14)15/h3H,4-5H2,1-2H3,(H,14,15). The van der Waals surface area contributed by atoms with Crippen LogP contribution in [0.4, 0.5) is 0 Å². The Morgan fingerprint density at radius 3 is 2.74 bits per heavy atom. The van der Waals surface area contributed by atoms with Crippen LogP contribution in [0, 0.1) is 0 Å². The number of aromatic carboxylic acids is 1. The van der Waals surface area contributed by atoms with Crippen LogP contribution >= 0.6 is 0 Å². The minimum absolute atomic E-state index is 0.0356. The van der Waals surface area contributed by atoms with Crippen molar-refractivity contribution in [2.75, 3.05) is 14.2 Å². The van der Waals surface area contributed by atoms with Crippen LogP contribution in [-0.2, 0) is 22.7 Å². The molecule has 0 saturated heterocycles. The zero-order valence-corrected chi connectivity index (χ0v) is 10.4. The van der Waals surface area contributed by atoms with E-state index >= 15 is 0 Å². The molecule has 2 rings (SSSR count). The summed E-state index contributed by atoms with van der Waals surface area (Å²) in [5.41, 5.74) is 0.498. The van der Waals surface area contributed by atoms with Gasteiger partial charge in [-0.25, -0.2) is 9.78 Å². The Morgan fingerprint density at radius 1 is 1.37 bits per heavy atom. The van der Waals surface area contributed by atoms with Crippen LogP contribution in [0.1, 0.15) is 22.0 Å². The van der Waals surface area contributed by atoms with E-state index in [1.165, 1.54) is 14.2 Å². The van der Waals surface area contributed by atoms with E-state index in [1.807, 2.05) is 0 Å². The monoisotopic (exact) mass is 268 g/mol. The fourth-order valence-corrected chi connectivity index (χ4v) is 1.49. The van der Waals surface area contributed by atoms with E-state index in [2.05, 4.69) is 10.1 Å². The lowest BCUT2D eigenvalue weighted by molar-refractivity contribution is 0.0656. The van der Waals surface area contributed by atoms with Gasteiger partial charge in [0.25, 0.3) is 0 Å². The first-order valence-corrected chi connectivity index (χ1v) is 5.32. The molecule has 8 heteroatoms. The molecule has 1 N–H and O–H groups in total. The number of aromatic nitrogens is 2. The maximum atomic E-state index is 11.0. The molecule has 102 valence electrons. The highest BCUT2D eigenvalue weighted by Crippen LogP contribution is 2.22. The Labute approximate surface area is 107 Å². The molecule has 2 aromatic rings. The number of hydrogen-bond acceptors (Lipinski definition) is 7. The van der Waals surface area contributed by atoms with E-state index in [9.17, 15) is 4.79 Å². The van der Waals surface area contributed by atoms with E-state index in [0.29, 0.717) is 11.5 Å². The molecule has 0 aliphatic heterocycles. The molecule has 0 bridgehead atoms. The Kier molecular flexibility index (Phi) is 3.93. The van der Waals surface area contributed by atoms with Crippen molar-refractivity contribution in [2.24, 2.45) is 0 Å². The topological polar surface area (TPSA) is 108 Å². The fraction of sp³-hybridized carbons (Fsp3) is 0.364. The van der Waals surface area contributed by atoms with Gasteiger partial charge >= 0.3 is 5.97 Å². The van der Waals surface area contributed by atoms with E-state index in [1.54, 1.807) is 6.07 Å². The molecule has 0 aliphatic carbocycles. The number of methoxy groups -OCH3 is 2. The second kappa shape index (κ2) is 5.63. The molecule has 0 aromatic carbocycles. The first-order chi connectivity index (χ1) is 9.15. The highest BCUT2D eigenvalue weighted by atomic mass is 16.5. The maximum Gasteiger partial charge on any atom is 0.373 e. The molecule has 0 amide bonds. The van der Waals surface area contributed by atoms with Crippen molar-refractivity contribution in [1.82, 2.24) is 10.1 Å². The van der Waals surface area contributed by atoms with Gasteiger partial charge in [-0.05, 0) is 0 Å². The Hall–Kier alpha value is -2.19. The summed E-state index contributed by atoms with van der Waals surface area (Å²) < 4.78 is 19.9. The number of carbonyl (C=O) groups is 1. The summed E-state index contributed by atoms with van der Waals surface area (Å²) in [4.78, 5) is 15.0. The van der Waals surface area contributed by atoms with Crippen molar-refractivity contribution in [3.8, 4) is 11.6 Å². The summed E-state index contributed by atoms with van der Waals surface area (Å²) in [6.45, 7) is 0.290. The Balaban J connectivity index is 2.33. The van der Waals surface area contributed by atoms with Gasteiger partial charge in [-0.1, -0.05) is 5.16 Å². The largest absolute Gasteiger partial charge is 0.475 e. The normalized spacial score (nSPS) is 10.8. The summed E-state index contributed by atoms with van der Waals surface area (Å²) in [5, 5.41) is 12.7. The zero-order chi connectivity index (χ0) is 13.8. The van der Waals surface area contributed by atoms with E-state index in [0.717, 1.165) is 0 Å². The molecule has 0 unspecified atom stereocenters. The second-order valence-corrected chi connectivity index (χ2v) is 3.64. The van der Waals surface area contributed by atoms with Crippen molar-refractivity contribution >= 4 is 5.97 Å². The average Bonchev–Trinajstić information content (AvgIpc) is 2.96. The Morgan fingerprint density at radius 2 is 2.11 bits per heavy atom. The summed E-state index contributed by atoms with van der Waals surface area (Å²) in [6.07, 6.45) is 0. The first kappa shape index (κ1) is 13.2. The molecule has 2 aromatic heterocycles. The SMILES string of the molecule is COCc1cc(-c2nc(COC)c(C(=O)O)o2)no1. The molecule has 0 spiro atoms. The van der Waals surface area contributed by atoms with Gasteiger partial charge in [0.2, 0.25) is 11.7 Å². The van der Waals surface area contributed by atoms with Crippen molar-refractivity contribution in [3.05, 3.63) is 23.3 Å². The number of rotatable bonds is 6. The van der Waals surface area contributed by atoms with Crippen molar-refractivity contribution in [3.63, 3.8) is 0 Å². The van der Waals surface area contributed by atoms with E-state index in [4.69, 9.17) is 23.5 Å². The van der Waals surface area contributed by atoms with Gasteiger partial charge in [0, 0.05) is 20.3 Å². The third-order valence-electron chi connectivity index (χ3n) is 2.24. The molecule has 0 aliphatic rings. The molecule has 2 heterocycles. The number of nitrogens with zero attached hydrogens (tertiary/aromatic N) is 2. The number of carboxylic acid groups (broad SMARTS) is 1. The van der Waals surface area contributed by atoms with E-state index < -0.39 is 5.97 Å². The molecule has 0 radical (unpaired) electrons. The van der Waals surface area contributed by atoms with Crippen LogP contribution in [-0.4, -0.2) is 35.4 Å². The van der Waals surface area contributed by atoms with Gasteiger partial charge in [-0.2, -0.15) is 0 Å². The number of hydrogen-bond donors (Lipinski definition) is 1. The van der Waals surface area contributed by atoms with Crippen molar-refractivity contribution < 1.29 is 28.3 Å². The minimum Gasteiger partial charge on any atom is -0.475 e.